The van der Waals surface area contributed by atoms with Gasteiger partial charge in [0.25, 0.3) is 5.56 Å². The zero-order chi connectivity index (χ0) is 10.1. The second kappa shape index (κ2) is 3.58. The molecule has 2 heterocycles. The number of rotatable bonds is 2. The summed E-state index contributed by atoms with van der Waals surface area (Å²) in [4.78, 5) is 11.9. The number of hydrogen-bond donors (Lipinski definition) is 0. The maximum absolute atomic E-state index is 11.9. The molecular formula is C11H13NOS. The van der Waals surface area contributed by atoms with Gasteiger partial charge >= 0.3 is 0 Å². The number of hydrogen-bond acceptors (Lipinski definition) is 2. The van der Waals surface area contributed by atoms with Crippen LogP contribution in [0.15, 0.2) is 28.5 Å². The molecule has 0 spiro atoms. The monoisotopic (exact) mass is 207 g/mol. The molecule has 2 rings (SSSR count). The third-order valence-electron chi connectivity index (χ3n) is 2.15. The van der Waals surface area contributed by atoms with Gasteiger partial charge in [0.15, 0.2) is 0 Å². The molecule has 3 heteroatoms. The van der Waals surface area contributed by atoms with Crippen molar-refractivity contribution in [2.45, 2.75) is 20.4 Å². The first-order valence-electron chi connectivity index (χ1n) is 4.75. The molecule has 0 fully saturated rings. The summed E-state index contributed by atoms with van der Waals surface area (Å²) in [5.74, 6) is 0.504. The van der Waals surface area contributed by atoms with E-state index in [9.17, 15) is 4.79 Å². The smallest absolute Gasteiger partial charge is 0.259 e. The molecule has 74 valence electrons. The van der Waals surface area contributed by atoms with Crippen LogP contribution in [0.25, 0.3) is 10.1 Å². The summed E-state index contributed by atoms with van der Waals surface area (Å²) in [7, 11) is 0. The van der Waals surface area contributed by atoms with E-state index in [1.807, 2.05) is 23.7 Å². The highest BCUT2D eigenvalue weighted by atomic mass is 32.1. The maximum Gasteiger partial charge on any atom is 0.259 e. The Balaban J connectivity index is 2.57. The van der Waals surface area contributed by atoms with Gasteiger partial charge in [0.1, 0.15) is 0 Å². The molecule has 2 nitrogen and oxygen atoms in total. The van der Waals surface area contributed by atoms with Crippen LogP contribution in [0.5, 0.6) is 0 Å². The Hall–Kier alpha value is -1.09. The number of aromatic nitrogens is 1. The van der Waals surface area contributed by atoms with Crippen molar-refractivity contribution in [3.05, 3.63) is 34.1 Å². The second-order valence-electron chi connectivity index (χ2n) is 3.87. The van der Waals surface area contributed by atoms with Crippen molar-refractivity contribution in [1.82, 2.24) is 4.57 Å². The Labute approximate surface area is 86.8 Å². The molecule has 0 aliphatic rings. The summed E-state index contributed by atoms with van der Waals surface area (Å²) < 4.78 is 2.87. The van der Waals surface area contributed by atoms with E-state index in [2.05, 4.69) is 13.8 Å². The molecular weight excluding hydrogens is 194 g/mol. The van der Waals surface area contributed by atoms with Crippen LogP contribution >= 0.6 is 11.3 Å². The second-order valence-corrected chi connectivity index (χ2v) is 4.81. The van der Waals surface area contributed by atoms with Gasteiger partial charge in [-0.2, -0.15) is 0 Å². The van der Waals surface area contributed by atoms with Crippen LogP contribution in [-0.4, -0.2) is 4.57 Å². The van der Waals surface area contributed by atoms with Crippen molar-refractivity contribution >= 4 is 21.4 Å². The van der Waals surface area contributed by atoms with E-state index in [0.29, 0.717) is 5.92 Å². The molecule has 0 N–H and O–H groups in total. The summed E-state index contributed by atoms with van der Waals surface area (Å²) in [6.45, 7) is 5.03. The fourth-order valence-electron chi connectivity index (χ4n) is 1.54. The standard InChI is InChI=1S/C11H13NOS/c1-8(2)7-12-5-3-10-9(11(12)13)4-6-14-10/h3-6,8H,7H2,1-2H3. The summed E-state index contributed by atoms with van der Waals surface area (Å²) in [5, 5.41) is 2.81. The van der Waals surface area contributed by atoms with Gasteiger partial charge < -0.3 is 4.57 Å². The summed E-state index contributed by atoms with van der Waals surface area (Å²) in [5.41, 5.74) is 0.137. The molecule has 0 saturated carbocycles. The Kier molecular flexibility index (Phi) is 2.42. The van der Waals surface area contributed by atoms with E-state index in [0.717, 1.165) is 16.6 Å². The number of fused-ring (bicyclic) bond motifs is 1. The van der Waals surface area contributed by atoms with Gasteiger partial charge in [-0.25, -0.2) is 0 Å². The quantitative estimate of drug-likeness (QED) is 0.742. The lowest BCUT2D eigenvalue weighted by molar-refractivity contribution is 0.513. The van der Waals surface area contributed by atoms with Crippen LogP contribution in [0, 0.1) is 5.92 Å². The summed E-state index contributed by atoms with van der Waals surface area (Å²) >= 11 is 1.62. The van der Waals surface area contributed by atoms with E-state index in [4.69, 9.17) is 0 Å². The van der Waals surface area contributed by atoms with Crippen LogP contribution in [-0.2, 0) is 6.54 Å². The van der Waals surface area contributed by atoms with Gasteiger partial charge in [-0.05, 0) is 23.4 Å². The van der Waals surface area contributed by atoms with E-state index in [1.165, 1.54) is 0 Å². The zero-order valence-electron chi connectivity index (χ0n) is 8.36. The minimum Gasteiger partial charge on any atom is -0.315 e. The number of nitrogens with zero attached hydrogens (tertiary/aromatic N) is 1. The van der Waals surface area contributed by atoms with E-state index < -0.39 is 0 Å². The van der Waals surface area contributed by atoms with Crippen molar-refractivity contribution in [1.29, 1.82) is 0 Å². The lowest BCUT2D eigenvalue weighted by Gasteiger charge is -2.07. The highest BCUT2D eigenvalue weighted by Gasteiger charge is 2.04. The minimum absolute atomic E-state index is 0.137. The maximum atomic E-state index is 11.9. The minimum atomic E-state index is 0.137. The van der Waals surface area contributed by atoms with Gasteiger partial charge in [0.2, 0.25) is 0 Å². The molecule has 0 radical (unpaired) electrons. The SMILES string of the molecule is CC(C)Cn1ccc2sccc2c1=O. The van der Waals surface area contributed by atoms with Gasteiger partial charge in [-0.3, -0.25) is 4.79 Å². The number of thiophene rings is 1. The lowest BCUT2D eigenvalue weighted by Crippen LogP contribution is -2.21. The van der Waals surface area contributed by atoms with Crippen molar-refractivity contribution in [3.8, 4) is 0 Å². The van der Waals surface area contributed by atoms with Crippen molar-refractivity contribution in [3.63, 3.8) is 0 Å². The van der Waals surface area contributed by atoms with Crippen LogP contribution in [0.2, 0.25) is 0 Å². The lowest BCUT2D eigenvalue weighted by atomic mass is 10.2. The molecule has 2 aromatic rings. The third-order valence-corrected chi connectivity index (χ3v) is 3.04. The first-order valence-corrected chi connectivity index (χ1v) is 5.63. The highest BCUT2D eigenvalue weighted by Crippen LogP contribution is 2.16. The molecule has 0 amide bonds. The molecule has 0 aliphatic heterocycles. The first kappa shape index (κ1) is 9.46. The van der Waals surface area contributed by atoms with Crippen molar-refractivity contribution in [2.75, 3.05) is 0 Å². The first-order chi connectivity index (χ1) is 6.68. The molecule has 0 unspecified atom stereocenters. The fourth-order valence-corrected chi connectivity index (χ4v) is 2.32. The van der Waals surface area contributed by atoms with Crippen LogP contribution < -0.4 is 5.56 Å². The average Bonchev–Trinajstić information content (AvgIpc) is 2.57. The molecule has 2 aromatic heterocycles. The Morgan fingerprint density at radius 1 is 1.43 bits per heavy atom. The third kappa shape index (κ3) is 1.60. The van der Waals surface area contributed by atoms with Gasteiger partial charge in [-0.1, -0.05) is 13.8 Å². The van der Waals surface area contributed by atoms with Crippen LogP contribution in [0.1, 0.15) is 13.8 Å². The van der Waals surface area contributed by atoms with Crippen LogP contribution in [0.4, 0.5) is 0 Å². The predicted molar refractivity (Wildman–Crippen MR) is 60.9 cm³/mol. The normalized spacial score (nSPS) is 11.4. The Morgan fingerprint density at radius 2 is 2.21 bits per heavy atom. The predicted octanol–water partition coefficient (Wildman–Crippen LogP) is 2.72. The highest BCUT2D eigenvalue weighted by molar-refractivity contribution is 7.17. The zero-order valence-corrected chi connectivity index (χ0v) is 9.17. The van der Waals surface area contributed by atoms with Crippen LogP contribution in [0.3, 0.4) is 0 Å². The summed E-state index contributed by atoms with van der Waals surface area (Å²) in [6, 6.07) is 3.92. The van der Waals surface area contributed by atoms with E-state index >= 15 is 0 Å². The molecule has 0 aliphatic carbocycles. The van der Waals surface area contributed by atoms with E-state index in [-0.39, 0.29) is 5.56 Å². The Bertz CT molecular complexity index is 495. The molecule has 0 saturated heterocycles. The van der Waals surface area contributed by atoms with Gasteiger partial charge in [0, 0.05) is 17.4 Å². The fraction of sp³-hybridized carbons (Fsp3) is 0.364. The van der Waals surface area contributed by atoms with E-state index in [1.54, 1.807) is 15.9 Å². The number of pyridine rings is 1. The molecule has 0 aromatic carbocycles. The molecule has 0 bridgehead atoms. The van der Waals surface area contributed by atoms with Crippen molar-refractivity contribution < 1.29 is 0 Å². The van der Waals surface area contributed by atoms with Gasteiger partial charge in [0.05, 0.1) is 5.39 Å². The topological polar surface area (TPSA) is 22.0 Å². The summed E-state index contributed by atoms with van der Waals surface area (Å²) in [6.07, 6.45) is 1.89. The molecule has 14 heavy (non-hydrogen) atoms. The van der Waals surface area contributed by atoms with Crippen molar-refractivity contribution in [2.24, 2.45) is 5.92 Å². The Morgan fingerprint density at radius 3 is 2.93 bits per heavy atom. The largest absolute Gasteiger partial charge is 0.315 e. The average molecular weight is 207 g/mol. The molecule has 0 atom stereocenters. The van der Waals surface area contributed by atoms with Gasteiger partial charge in [-0.15, -0.1) is 11.3 Å².